The van der Waals surface area contributed by atoms with Crippen molar-refractivity contribution < 1.29 is 9.59 Å². The van der Waals surface area contributed by atoms with Gasteiger partial charge >= 0.3 is 6.03 Å². The van der Waals surface area contributed by atoms with Crippen LogP contribution in [0.25, 0.3) is 11.3 Å². The zero-order chi connectivity index (χ0) is 16.1. The summed E-state index contributed by atoms with van der Waals surface area (Å²) >= 11 is 1.29. The Bertz CT molecular complexity index is 669. The summed E-state index contributed by atoms with van der Waals surface area (Å²) in [6, 6.07) is 9.08. The number of primary amides is 1. The van der Waals surface area contributed by atoms with Crippen LogP contribution in [0.5, 0.6) is 0 Å². The van der Waals surface area contributed by atoms with Crippen molar-refractivity contribution in [3.63, 3.8) is 0 Å². The third kappa shape index (κ3) is 3.67. The van der Waals surface area contributed by atoms with Gasteiger partial charge in [-0.25, -0.2) is 9.78 Å². The molecule has 1 heterocycles. The predicted octanol–water partition coefficient (Wildman–Crippen LogP) is 2.25. The van der Waals surface area contributed by atoms with E-state index in [1.807, 2.05) is 41.8 Å². The fourth-order valence-electron chi connectivity index (χ4n) is 2.03. The number of nitrogens with zero attached hydrogens (tertiary/aromatic N) is 2. The van der Waals surface area contributed by atoms with Crippen LogP contribution in [0.1, 0.15) is 13.8 Å². The summed E-state index contributed by atoms with van der Waals surface area (Å²) in [7, 11) is 0. The molecular weight excluding hydrogens is 300 g/mol. The van der Waals surface area contributed by atoms with Gasteiger partial charge in [0.2, 0.25) is 5.91 Å². The van der Waals surface area contributed by atoms with E-state index in [9.17, 15) is 9.59 Å². The van der Waals surface area contributed by atoms with Gasteiger partial charge in [-0.1, -0.05) is 42.1 Å². The molecule has 0 unspecified atom stereocenters. The fraction of sp³-hybridized carbons (Fsp3) is 0.267. The maximum Gasteiger partial charge on any atom is 0.318 e. The Labute approximate surface area is 133 Å². The number of hydrogen-bond acceptors (Lipinski definition) is 4. The molecule has 0 saturated heterocycles. The van der Waals surface area contributed by atoms with E-state index < -0.39 is 17.2 Å². The Morgan fingerprint density at radius 3 is 2.64 bits per heavy atom. The summed E-state index contributed by atoms with van der Waals surface area (Å²) in [5, 5.41) is 2.34. The van der Waals surface area contributed by atoms with Crippen LogP contribution >= 0.6 is 11.8 Å². The number of carbonyl (C=O) groups excluding carboxylic acids is 2. The van der Waals surface area contributed by atoms with Crippen LogP contribution in [0.4, 0.5) is 4.79 Å². The van der Waals surface area contributed by atoms with E-state index in [0.717, 1.165) is 23.0 Å². The maximum absolute atomic E-state index is 11.8. The van der Waals surface area contributed by atoms with E-state index in [0.29, 0.717) is 0 Å². The molecular formula is C15H18N4O2S. The SMILES string of the molecule is CCn1c(-c2ccccc2)cnc1S[C@@H](C)C(=O)NC(N)=O. The molecule has 2 rings (SSSR count). The van der Waals surface area contributed by atoms with Crippen molar-refractivity contribution >= 4 is 23.7 Å². The van der Waals surface area contributed by atoms with Crippen molar-refractivity contribution in [2.45, 2.75) is 30.8 Å². The van der Waals surface area contributed by atoms with E-state index in [4.69, 9.17) is 5.73 Å². The molecule has 2 aromatic rings. The Kier molecular flexibility index (Phi) is 5.21. The van der Waals surface area contributed by atoms with Gasteiger partial charge in [-0.2, -0.15) is 0 Å². The molecule has 0 fully saturated rings. The average molecular weight is 318 g/mol. The van der Waals surface area contributed by atoms with Gasteiger partial charge in [0, 0.05) is 6.54 Å². The number of urea groups is 1. The van der Waals surface area contributed by atoms with Gasteiger partial charge in [-0.05, 0) is 19.4 Å². The molecule has 0 spiro atoms. The number of hydrogen-bond donors (Lipinski definition) is 2. The lowest BCUT2D eigenvalue weighted by molar-refractivity contribution is -0.119. The summed E-state index contributed by atoms with van der Waals surface area (Å²) in [6.45, 7) is 4.46. The largest absolute Gasteiger partial charge is 0.351 e. The Morgan fingerprint density at radius 2 is 2.05 bits per heavy atom. The smallest absolute Gasteiger partial charge is 0.318 e. The number of aromatic nitrogens is 2. The standard InChI is InChI=1S/C15H18N4O2S/c1-3-19-12(11-7-5-4-6-8-11)9-17-15(19)22-10(2)13(20)18-14(16)21/h4-10H,3H2,1-2H3,(H3,16,18,20,21)/t10-/m0/s1. The van der Waals surface area contributed by atoms with Crippen molar-refractivity contribution in [1.29, 1.82) is 0 Å². The molecule has 1 aromatic heterocycles. The Balaban J connectivity index is 2.21. The monoisotopic (exact) mass is 318 g/mol. The molecule has 116 valence electrons. The number of nitrogens with two attached hydrogens (primary N) is 1. The maximum atomic E-state index is 11.8. The highest BCUT2D eigenvalue weighted by atomic mass is 32.2. The lowest BCUT2D eigenvalue weighted by atomic mass is 10.2. The highest BCUT2D eigenvalue weighted by molar-refractivity contribution is 8.00. The summed E-state index contributed by atoms with van der Waals surface area (Å²) in [4.78, 5) is 26.9. The van der Waals surface area contributed by atoms with Crippen LogP contribution in [0.2, 0.25) is 0 Å². The predicted molar refractivity (Wildman–Crippen MR) is 86.4 cm³/mol. The van der Waals surface area contributed by atoms with E-state index in [1.165, 1.54) is 11.8 Å². The number of carbonyl (C=O) groups is 2. The van der Waals surface area contributed by atoms with Gasteiger partial charge in [0.05, 0.1) is 17.1 Å². The van der Waals surface area contributed by atoms with Crippen LogP contribution in [0.3, 0.4) is 0 Å². The average Bonchev–Trinajstić information content (AvgIpc) is 2.90. The first-order valence-corrected chi connectivity index (χ1v) is 7.78. The zero-order valence-corrected chi connectivity index (χ0v) is 13.3. The van der Waals surface area contributed by atoms with Crippen LogP contribution in [-0.2, 0) is 11.3 Å². The second-order valence-corrected chi connectivity index (χ2v) is 5.96. The third-order valence-electron chi connectivity index (χ3n) is 3.10. The van der Waals surface area contributed by atoms with E-state index in [-0.39, 0.29) is 0 Å². The van der Waals surface area contributed by atoms with Crippen LogP contribution in [-0.4, -0.2) is 26.7 Å². The molecule has 0 radical (unpaired) electrons. The molecule has 0 aliphatic carbocycles. The van der Waals surface area contributed by atoms with Gasteiger partial charge < -0.3 is 10.3 Å². The van der Waals surface area contributed by atoms with E-state index >= 15 is 0 Å². The molecule has 0 saturated carbocycles. The van der Waals surface area contributed by atoms with Crippen molar-refractivity contribution in [1.82, 2.24) is 14.9 Å². The van der Waals surface area contributed by atoms with Crippen LogP contribution in [0, 0.1) is 0 Å². The molecule has 3 N–H and O–H groups in total. The number of nitrogens with one attached hydrogen (secondary N) is 1. The lowest BCUT2D eigenvalue weighted by Gasteiger charge is -2.12. The summed E-state index contributed by atoms with van der Waals surface area (Å²) < 4.78 is 2.04. The minimum absolute atomic E-state index is 0.426. The molecule has 0 aliphatic rings. The zero-order valence-electron chi connectivity index (χ0n) is 12.4. The van der Waals surface area contributed by atoms with E-state index in [1.54, 1.807) is 13.1 Å². The summed E-state index contributed by atoms with van der Waals surface area (Å²) in [5.74, 6) is -0.426. The summed E-state index contributed by atoms with van der Waals surface area (Å²) in [5.41, 5.74) is 7.02. The fourth-order valence-corrected chi connectivity index (χ4v) is 2.98. The molecule has 0 aliphatic heterocycles. The number of thioether (sulfide) groups is 1. The van der Waals surface area contributed by atoms with Crippen molar-refractivity contribution in [2.75, 3.05) is 0 Å². The number of rotatable bonds is 5. The molecule has 1 atom stereocenters. The topological polar surface area (TPSA) is 90.0 Å². The Morgan fingerprint density at radius 1 is 1.36 bits per heavy atom. The number of benzene rings is 1. The second kappa shape index (κ2) is 7.13. The quantitative estimate of drug-likeness (QED) is 0.827. The van der Waals surface area contributed by atoms with Crippen molar-refractivity contribution in [2.24, 2.45) is 5.73 Å². The van der Waals surface area contributed by atoms with Crippen molar-refractivity contribution in [3.05, 3.63) is 36.5 Å². The molecule has 22 heavy (non-hydrogen) atoms. The minimum atomic E-state index is -0.846. The molecule has 7 heteroatoms. The minimum Gasteiger partial charge on any atom is -0.351 e. The number of amides is 3. The first kappa shape index (κ1) is 16.1. The number of imide groups is 1. The third-order valence-corrected chi connectivity index (χ3v) is 4.21. The highest BCUT2D eigenvalue weighted by Crippen LogP contribution is 2.28. The highest BCUT2D eigenvalue weighted by Gasteiger charge is 2.19. The first-order valence-electron chi connectivity index (χ1n) is 6.90. The lowest BCUT2D eigenvalue weighted by Crippen LogP contribution is -2.39. The molecule has 6 nitrogen and oxygen atoms in total. The van der Waals surface area contributed by atoms with Gasteiger partial charge in [0.25, 0.3) is 0 Å². The van der Waals surface area contributed by atoms with Gasteiger partial charge in [0.15, 0.2) is 5.16 Å². The van der Waals surface area contributed by atoms with Crippen molar-refractivity contribution in [3.8, 4) is 11.3 Å². The molecule has 3 amide bonds. The second-order valence-electron chi connectivity index (χ2n) is 4.65. The first-order chi connectivity index (χ1) is 10.5. The number of imidazole rings is 1. The normalized spacial score (nSPS) is 11.9. The van der Waals surface area contributed by atoms with Crippen LogP contribution < -0.4 is 11.1 Å². The Hall–Kier alpha value is -2.28. The van der Waals surface area contributed by atoms with Gasteiger partial charge in [-0.15, -0.1) is 0 Å². The van der Waals surface area contributed by atoms with Gasteiger partial charge in [-0.3, -0.25) is 10.1 Å². The van der Waals surface area contributed by atoms with Gasteiger partial charge in [0.1, 0.15) is 0 Å². The summed E-state index contributed by atoms with van der Waals surface area (Å²) in [6.07, 6.45) is 1.79. The molecule has 1 aromatic carbocycles. The van der Waals surface area contributed by atoms with E-state index in [2.05, 4.69) is 10.3 Å². The molecule has 0 bridgehead atoms. The van der Waals surface area contributed by atoms with Crippen LogP contribution in [0.15, 0.2) is 41.7 Å².